The van der Waals surface area contributed by atoms with Crippen molar-refractivity contribution >= 4 is 0 Å². The predicted molar refractivity (Wildman–Crippen MR) is 54.8 cm³/mol. The van der Waals surface area contributed by atoms with Gasteiger partial charge >= 0.3 is 0 Å². The van der Waals surface area contributed by atoms with Crippen molar-refractivity contribution in [3.8, 4) is 0 Å². The Labute approximate surface area is 75.7 Å². The molecule has 0 nitrogen and oxygen atoms in total. The summed E-state index contributed by atoms with van der Waals surface area (Å²) < 4.78 is 0. The molecule has 0 atom stereocenters. The van der Waals surface area contributed by atoms with Crippen molar-refractivity contribution in [1.82, 2.24) is 0 Å². The third-order valence-corrected chi connectivity index (χ3v) is 1.92. The van der Waals surface area contributed by atoms with Crippen molar-refractivity contribution in [2.24, 2.45) is 0 Å². The zero-order valence-electron chi connectivity index (χ0n) is 7.58. The third kappa shape index (κ3) is 4.95. The highest BCUT2D eigenvalue weighted by atomic mass is 13.9. The van der Waals surface area contributed by atoms with Crippen LogP contribution in [-0.2, 0) is 0 Å². The van der Waals surface area contributed by atoms with Crippen LogP contribution >= 0.6 is 0 Å². The summed E-state index contributed by atoms with van der Waals surface area (Å²) >= 11 is 0. The van der Waals surface area contributed by atoms with Crippen molar-refractivity contribution in [2.75, 3.05) is 0 Å². The van der Waals surface area contributed by atoms with E-state index < -0.39 is 0 Å². The van der Waals surface area contributed by atoms with Crippen LogP contribution < -0.4 is 0 Å². The second-order valence-corrected chi connectivity index (χ2v) is 3.04. The van der Waals surface area contributed by atoms with Crippen LogP contribution in [0, 0.1) is 6.42 Å². The first-order valence-corrected chi connectivity index (χ1v) is 4.80. The van der Waals surface area contributed by atoms with E-state index in [4.69, 9.17) is 0 Å². The molecule has 0 unspecified atom stereocenters. The summed E-state index contributed by atoms with van der Waals surface area (Å²) in [6.45, 7) is 0. The molecule has 0 aromatic rings. The first kappa shape index (κ1) is 9.31. The van der Waals surface area contributed by atoms with Gasteiger partial charge < -0.3 is 0 Å². The van der Waals surface area contributed by atoms with Gasteiger partial charge in [0, 0.05) is 0 Å². The Morgan fingerprint density at radius 2 is 1.42 bits per heavy atom. The van der Waals surface area contributed by atoms with Crippen molar-refractivity contribution in [1.29, 1.82) is 0 Å². The van der Waals surface area contributed by atoms with Crippen molar-refractivity contribution in [3.05, 3.63) is 42.9 Å². The fraction of sp³-hybridized carbons (Fsp3) is 0.417. The lowest BCUT2D eigenvalue weighted by Gasteiger charge is -1.95. The molecule has 0 N–H and O–H groups in total. The molecule has 1 rings (SSSR count). The van der Waals surface area contributed by atoms with E-state index in [1.807, 2.05) is 0 Å². The Balaban J connectivity index is 2.31. The highest BCUT2D eigenvalue weighted by Crippen LogP contribution is 2.05. The Kier molecular flexibility index (Phi) is 5.35. The average molecular weight is 161 g/mol. The topological polar surface area (TPSA) is 0 Å². The second-order valence-electron chi connectivity index (χ2n) is 3.04. The van der Waals surface area contributed by atoms with Gasteiger partial charge in [-0.05, 0) is 32.1 Å². The van der Waals surface area contributed by atoms with E-state index in [2.05, 4.69) is 42.9 Å². The lowest BCUT2D eigenvalue weighted by Crippen LogP contribution is -1.76. The molecule has 0 fully saturated rings. The molecule has 0 saturated heterocycles. The largest absolute Gasteiger partial charge is 0.0845 e. The van der Waals surface area contributed by atoms with E-state index in [1.165, 1.54) is 25.7 Å². The van der Waals surface area contributed by atoms with E-state index in [0.717, 1.165) is 6.42 Å². The van der Waals surface area contributed by atoms with Gasteiger partial charge in [-0.2, -0.15) is 0 Å². The summed E-state index contributed by atoms with van der Waals surface area (Å²) in [4.78, 5) is 0. The Hall–Kier alpha value is -0.780. The summed E-state index contributed by atoms with van der Waals surface area (Å²) in [5.41, 5.74) is 0. The quantitative estimate of drug-likeness (QED) is 0.506. The van der Waals surface area contributed by atoms with Gasteiger partial charge in [-0.25, -0.2) is 0 Å². The SMILES string of the molecule is [CH]1/C=C\C/C=C\C=C\CCCC1. The fourth-order valence-electron chi connectivity index (χ4n) is 1.21. The molecule has 0 aliphatic heterocycles. The van der Waals surface area contributed by atoms with Crippen molar-refractivity contribution in [2.45, 2.75) is 32.1 Å². The van der Waals surface area contributed by atoms with Crippen molar-refractivity contribution < 1.29 is 0 Å². The highest BCUT2D eigenvalue weighted by molar-refractivity contribution is 5.06. The predicted octanol–water partition coefficient (Wildman–Crippen LogP) is 3.82. The second kappa shape index (κ2) is 6.90. The Morgan fingerprint density at radius 3 is 2.42 bits per heavy atom. The number of hydrogen-bond donors (Lipinski definition) is 0. The third-order valence-electron chi connectivity index (χ3n) is 1.92. The van der Waals surface area contributed by atoms with Gasteiger partial charge in [-0.15, -0.1) is 0 Å². The van der Waals surface area contributed by atoms with Gasteiger partial charge in [-0.1, -0.05) is 42.9 Å². The zero-order chi connectivity index (χ0) is 8.49. The van der Waals surface area contributed by atoms with E-state index in [-0.39, 0.29) is 0 Å². The number of hydrogen-bond acceptors (Lipinski definition) is 0. The van der Waals surface area contributed by atoms with Crippen LogP contribution in [0.5, 0.6) is 0 Å². The van der Waals surface area contributed by atoms with Crippen LogP contribution in [-0.4, -0.2) is 0 Å². The molecule has 0 aromatic heterocycles. The van der Waals surface area contributed by atoms with Crippen LogP contribution in [0.25, 0.3) is 0 Å². The van der Waals surface area contributed by atoms with Crippen LogP contribution in [0.3, 0.4) is 0 Å². The minimum atomic E-state index is 1.06. The highest BCUT2D eigenvalue weighted by Gasteiger charge is 1.86. The molecule has 0 spiro atoms. The lowest BCUT2D eigenvalue weighted by atomic mass is 10.1. The zero-order valence-corrected chi connectivity index (χ0v) is 7.58. The molecule has 0 bridgehead atoms. The minimum absolute atomic E-state index is 1.06. The molecule has 1 radical (unpaired) electrons. The normalized spacial score (nSPS) is 28.0. The summed E-state index contributed by atoms with van der Waals surface area (Å²) in [6.07, 6.45) is 21.5. The molecule has 0 heteroatoms. The van der Waals surface area contributed by atoms with Gasteiger partial charge in [0.05, 0.1) is 0 Å². The van der Waals surface area contributed by atoms with Crippen LogP contribution in [0.1, 0.15) is 32.1 Å². The first-order valence-electron chi connectivity index (χ1n) is 4.80. The Morgan fingerprint density at radius 1 is 0.667 bits per heavy atom. The smallest absolute Gasteiger partial charge is 0.0166 e. The molecule has 1 aliphatic carbocycles. The molecule has 0 aromatic carbocycles. The molecule has 65 valence electrons. The standard InChI is InChI=1S/C12H17/c1-2-4-6-8-10-12-11-9-7-5-3-1/h1-4,7,9,11H,5-6,8,10,12H2/b3-1-,4-2+,9-7-. The van der Waals surface area contributed by atoms with Crippen LogP contribution in [0.2, 0.25) is 0 Å². The molecular weight excluding hydrogens is 144 g/mol. The maximum absolute atomic E-state index is 2.26. The molecule has 12 heavy (non-hydrogen) atoms. The Bertz CT molecular complexity index is 172. The maximum Gasteiger partial charge on any atom is -0.0166 e. The van der Waals surface area contributed by atoms with E-state index in [1.54, 1.807) is 0 Å². The number of rotatable bonds is 0. The fourth-order valence-corrected chi connectivity index (χ4v) is 1.21. The van der Waals surface area contributed by atoms with Gasteiger partial charge in [0.25, 0.3) is 0 Å². The summed E-state index contributed by atoms with van der Waals surface area (Å²) in [5.74, 6) is 0. The maximum atomic E-state index is 2.26. The first-order chi connectivity index (χ1) is 6.00. The summed E-state index contributed by atoms with van der Waals surface area (Å²) in [7, 11) is 0. The van der Waals surface area contributed by atoms with Gasteiger partial charge in [-0.3, -0.25) is 0 Å². The van der Waals surface area contributed by atoms with Crippen LogP contribution in [0.15, 0.2) is 36.5 Å². The van der Waals surface area contributed by atoms with E-state index >= 15 is 0 Å². The van der Waals surface area contributed by atoms with Crippen molar-refractivity contribution in [3.63, 3.8) is 0 Å². The van der Waals surface area contributed by atoms with Crippen LogP contribution in [0.4, 0.5) is 0 Å². The monoisotopic (exact) mass is 161 g/mol. The van der Waals surface area contributed by atoms with Gasteiger partial charge in [0.15, 0.2) is 0 Å². The average Bonchev–Trinajstić information content (AvgIpc) is 2.05. The van der Waals surface area contributed by atoms with E-state index in [9.17, 15) is 0 Å². The summed E-state index contributed by atoms with van der Waals surface area (Å²) in [6, 6.07) is 0. The van der Waals surface area contributed by atoms with Gasteiger partial charge in [0.2, 0.25) is 0 Å². The number of allylic oxidation sites excluding steroid dienone is 6. The lowest BCUT2D eigenvalue weighted by molar-refractivity contribution is 0.747. The molecule has 0 saturated carbocycles. The molecule has 0 heterocycles. The van der Waals surface area contributed by atoms with E-state index in [0.29, 0.717) is 0 Å². The van der Waals surface area contributed by atoms with Gasteiger partial charge in [0.1, 0.15) is 0 Å². The molecular formula is C12H17. The molecule has 0 amide bonds. The summed E-state index contributed by atoms with van der Waals surface area (Å²) in [5, 5.41) is 0. The minimum Gasteiger partial charge on any atom is -0.0845 e. The molecule has 1 aliphatic rings.